The van der Waals surface area contributed by atoms with E-state index in [1.165, 1.54) is 180 Å². The van der Waals surface area contributed by atoms with Crippen LogP contribution in [0.1, 0.15) is 387 Å². The Balaban J connectivity index is 5.51. The van der Waals surface area contributed by atoms with E-state index in [2.05, 4.69) is 76.3 Å². The molecule has 0 bridgehead atoms. The second-order valence-electron chi connectivity index (χ2n) is 25.5. The third-order valence-electron chi connectivity index (χ3n) is 16.7. The minimum atomic E-state index is -1.23. The molecule has 0 aliphatic rings. The normalized spacial score (nSPS) is 12.6. The first-order valence-corrected chi connectivity index (χ1v) is 37.0. The number of unbranched alkanes of at least 4 members (excludes halogenated alkanes) is 44. The lowest BCUT2D eigenvalue weighted by atomic mass is 9.92. The van der Waals surface area contributed by atoms with Gasteiger partial charge in [0, 0.05) is 25.7 Å². The number of carbonyl (C=O) groups is 4. The summed E-state index contributed by atoms with van der Waals surface area (Å²) in [5.41, 5.74) is -1.23. The minimum absolute atomic E-state index is 0.182. The van der Waals surface area contributed by atoms with Gasteiger partial charge < -0.3 is 18.9 Å². The van der Waals surface area contributed by atoms with E-state index in [1.54, 1.807) is 0 Å². The van der Waals surface area contributed by atoms with Gasteiger partial charge in [-0.3, -0.25) is 19.2 Å². The van der Waals surface area contributed by atoms with Gasteiger partial charge in [-0.25, -0.2) is 0 Å². The SMILES string of the molecule is CCCCCCCCC=CCCCCCCCC(=O)OCC(COC(=O)CCCCCCCC=CCCCCCCCC)(COC(=O)CCCCCCCC=CCCCCCCCC)COC(=O)CCCCCCCC=CCCCCCCCC. The molecule has 0 aromatic rings. The Morgan fingerprint density at radius 1 is 0.212 bits per heavy atom. The first kappa shape index (κ1) is 81.8. The summed E-state index contributed by atoms with van der Waals surface area (Å²) in [5.74, 6) is -1.39. The van der Waals surface area contributed by atoms with Crippen LogP contribution in [0.4, 0.5) is 0 Å². The topological polar surface area (TPSA) is 105 Å². The number of ether oxygens (including phenoxy) is 4. The van der Waals surface area contributed by atoms with Crippen LogP contribution in [0.2, 0.25) is 0 Å². The molecule has 0 spiro atoms. The van der Waals surface area contributed by atoms with Crippen molar-refractivity contribution < 1.29 is 38.1 Å². The first-order valence-electron chi connectivity index (χ1n) is 37.0. The molecule has 496 valence electrons. The molecule has 0 heterocycles. The van der Waals surface area contributed by atoms with Crippen molar-refractivity contribution in [3.63, 3.8) is 0 Å². The fraction of sp³-hybridized carbons (Fsp3) is 0.844. The van der Waals surface area contributed by atoms with Gasteiger partial charge in [-0.1, -0.05) is 282 Å². The number of allylic oxidation sites excluding steroid dienone is 8. The molecule has 85 heavy (non-hydrogen) atoms. The predicted molar refractivity (Wildman–Crippen MR) is 364 cm³/mol. The molecule has 8 heteroatoms. The molecule has 0 radical (unpaired) electrons. The molecule has 0 aliphatic heterocycles. The molecule has 0 aliphatic carbocycles. The van der Waals surface area contributed by atoms with Gasteiger partial charge in [0.1, 0.15) is 31.8 Å². The summed E-state index contributed by atoms with van der Waals surface area (Å²) in [5, 5.41) is 0. The van der Waals surface area contributed by atoms with E-state index in [-0.39, 0.29) is 76.0 Å². The minimum Gasteiger partial charge on any atom is -0.465 e. The molecule has 0 atom stereocenters. The third-order valence-corrected chi connectivity index (χ3v) is 16.7. The second-order valence-corrected chi connectivity index (χ2v) is 25.5. The lowest BCUT2D eigenvalue weighted by Gasteiger charge is -2.31. The zero-order valence-corrected chi connectivity index (χ0v) is 56.8. The first-order chi connectivity index (χ1) is 41.8. The number of hydrogen-bond donors (Lipinski definition) is 0. The Labute approximate surface area is 527 Å². The van der Waals surface area contributed by atoms with Crippen LogP contribution in [0.5, 0.6) is 0 Å². The fourth-order valence-corrected chi connectivity index (χ4v) is 10.8. The molecule has 0 saturated carbocycles. The highest BCUT2D eigenvalue weighted by Crippen LogP contribution is 2.25. The molecule has 0 rings (SSSR count). The Bertz CT molecular complexity index is 1330. The molecule has 0 unspecified atom stereocenters. The summed E-state index contributed by atoms with van der Waals surface area (Å²) in [6.07, 6.45) is 80.9. The summed E-state index contributed by atoms with van der Waals surface area (Å²) < 4.78 is 23.8. The Morgan fingerprint density at radius 3 is 0.518 bits per heavy atom. The maximum atomic E-state index is 13.4. The number of carbonyl (C=O) groups excluding carboxylic acids is 4. The van der Waals surface area contributed by atoms with Crippen molar-refractivity contribution >= 4 is 23.9 Å². The largest absolute Gasteiger partial charge is 0.465 e. The van der Waals surface area contributed by atoms with Gasteiger partial charge in [-0.2, -0.15) is 0 Å². The highest BCUT2D eigenvalue weighted by Gasteiger charge is 2.38. The lowest BCUT2D eigenvalue weighted by molar-refractivity contribution is -0.170. The van der Waals surface area contributed by atoms with Gasteiger partial charge in [0.25, 0.3) is 0 Å². The highest BCUT2D eigenvalue weighted by atomic mass is 16.6. The van der Waals surface area contributed by atoms with Crippen molar-refractivity contribution in [3.8, 4) is 0 Å². The van der Waals surface area contributed by atoms with E-state index in [9.17, 15) is 19.2 Å². The van der Waals surface area contributed by atoms with Gasteiger partial charge in [-0.05, 0) is 128 Å². The van der Waals surface area contributed by atoms with Gasteiger partial charge in [0.15, 0.2) is 0 Å². The zero-order valence-electron chi connectivity index (χ0n) is 56.8. The average Bonchev–Trinajstić information content (AvgIpc) is 3.60. The van der Waals surface area contributed by atoms with Crippen LogP contribution in [0.3, 0.4) is 0 Å². The van der Waals surface area contributed by atoms with Crippen LogP contribution in [0.15, 0.2) is 48.6 Å². The third kappa shape index (κ3) is 63.7. The van der Waals surface area contributed by atoms with Crippen molar-refractivity contribution in [1.29, 1.82) is 0 Å². The standard InChI is InChI=1S/C77H140O8/c1-5-9-13-17-21-25-29-33-37-41-45-49-53-57-61-65-73(78)82-69-77(70-83-74(79)66-62-58-54-50-46-42-38-34-30-26-22-18-14-10-6-2,71-84-75(80)67-63-59-55-51-47-43-39-35-31-27-23-19-15-11-7-3)72-85-76(81)68-64-60-56-52-48-44-40-36-32-28-24-20-16-12-8-4/h33-40H,5-32,41-72H2,1-4H3. The van der Waals surface area contributed by atoms with Crippen LogP contribution >= 0.6 is 0 Å². The Hall–Kier alpha value is -3.16. The van der Waals surface area contributed by atoms with E-state index < -0.39 is 5.41 Å². The summed E-state index contributed by atoms with van der Waals surface area (Å²) in [6, 6.07) is 0. The van der Waals surface area contributed by atoms with Crippen molar-refractivity contribution in [2.45, 2.75) is 387 Å². The number of esters is 4. The van der Waals surface area contributed by atoms with Crippen LogP contribution < -0.4 is 0 Å². The van der Waals surface area contributed by atoms with Gasteiger partial charge in [0.2, 0.25) is 0 Å². The Kier molecular flexibility index (Phi) is 65.8. The molecule has 0 aromatic heterocycles. The van der Waals surface area contributed by atoms with Gasteiger partial charge in [0.05, 0.1) is 0 Å². The van der Waals surface area contributed by atoms with Gasteiger partial charge >= 0.3 is 23.9 Å². The average molecular weight is 1190 g/mol. The molecule has 0 fully saturated rings. The van der Waals surface area contributed by atoms with Crippen LogP contribution in [-0.4, -0.2) is 50.3 Å². The summed E-state index contributed by atoms with van der Waals surface area (Å²) in [7, 11) is 0. The van der Waals surface area contributed by atoms with Crippen molar-refractivity contribution in [2.24, 2.45) is 5.41 Å². The maximum Gasteiger partial charge on any atom is 0.305 e. The maximum absolute atomic E-state index is 13.4. The lowest BCUT2D eigenvalue weighted by Crippen LogP contribution is -2.44. The van der Waals surface area contributed by atoms with Crippen molar-refractivity contribution in [1.82, 2.24) is 0 Å². The number of hydrogen-bond acceptors (Lipinski definition) is 8. The quantitative estimate of drug-likeness (QED) is 0.0257. The van der Waals surface area contributed by atoms with E-state index >= 15 is 0 Å². The van der Waals surface area contributed by atoms with Crippen LogP contribution in [0, 0.1) is 5.41 Å². The second kappa shape index (κ2) is 68.3. The molecule has 0 aromatic carbocycles. The van der Waals surface area contributed by atoms with Gasteiger partial charge in [-0.15, -0.1) is 0 Å². The number of rotatable bonds is 68. The molecular weight excluding hydrogens is 1050 g/mol. The summed E-state index contributed by atoms with van der Waals surface area (Å²) in [6.45, 7) is 8.32. The van der Waals surface area contributed by atoms with E-state index in [0.717, 1.165) is 154 Å². The molecule has 0 amide bonds. The monoisotopic (exact) mass is 1190 g/mol. The van der Waals surface area contributed by atoms with E-state index in [4.69, 9.17) is 18.9 Å². The highest BCUT2D eigenvalue weighted by molar-refractivity contribution is 5.71. The Morgan fingerprint density at radius 2 is 0.353 bits per heavy atom. The predicted octanol–water partition coefficient (Wildman–Crippen LogP) is 24.3. The van der Waals surface area contributed by atoms with E-state index in [0.29, 0.717) is 0 Å². The smallest absolute Gasteiger partial charge is 0.305 e. The molecule has 0 N–H and O–H groups in total. The van der Waals surface area contributed by atoms with Crippen LogP contribution in [0.25, 0.3) is 0 Å². The molecule has 0 saturated heterocycles. The van der Waals surface area contributed by atoms with Crippen molar-refractivity contribution in [3.05, 3.63) is 48.6 Å². The summed E-state index contributed by atoms with van der Waals surface area (Å²) >= 11 is 0. The fourth-order valence-electron chi connectivity index (χ4n) is 10.8. The van der Waals surface area contributed by atoms with Crippen LogP contribution in [-0.2, 0) is 38.1 Å². The van der Waals surface area contributed by atoms with E-state index in [1.807, 2.05) is 0 Å². The molecule has 8 nitrogen and oxygen atoms in total. The summed E-state index contributed by atoms with van der Waals surface area (Å²) in [4.78, 5) is 53.5. The molecular formula is C77H140O8. The van der Waals surface area contributed by atoms with Crippen molar-refractivity contribution in [2.75, 3.05) is 26.4 Å². The zero-order chi connectivity index (χ0) is 61.7.